The summed E-state index contributed by atoms with van der Waals surface area (Å²) in [5.41, 5.74) is 0.675. The number of nitrogens with one attached hydrogen (secondary N) is 1. The Labute approximate surface area is 116 Å². The molecular weight excluding hydrogens is 304 g/mol. The minimum Gasteiger partial charge on any atom is -0.330 e. The van der Waals surface area contributed by atoms with Crippen molar-refractivity contribution in [3.63, 3.8) is 0 Å². The number of hydrogen-bond acceptors (Lipinski definition) is 1. The van der Waals surface area contributed by atoms with Crippen LogP contribution in [-0.2, 0) is 0 Å². The third-order valence-corrected chi connectivity index (χ3v) is 3.31. The molecule has 1 heterocycles. The zero-order chi connectivity index (χ0) is 14.4. The lowest BCUT2D eigenvalue weighted by atomic mass is 10.2. The van der Waals surface area contributed by atoms with Crippen LogP contribution in [0, 0.1) is 10.6 Å². The summed E-state index contributed by atoms with van der Waals surface area (Å²) < 4.78 is 52.0. The monoisotopic (exact) mass is 312 g/mol. The molecule has 0 fully saturated rings. The molecule has 1 atom stereocenters. The van der Waals surface area contributed by atoms with Crippen molar-refractivity contribution in [2.75, 3.05) is 0 Å². The highest BCUT2D eigenvalue weighted by Gasteiger charge is 2.31. The number of halogens is 5. The summed E-state index contributed by atoms with van der Waals surface area (Å²) in [6, 6.07) is 1.48. The van der Waals surface area contributed by atoms with Crippen LogP contribution in [0.4, 0.5) is 17.6 Å². The summed E-state index contributed by atoms with van der Waals surface area (Å²) in [5.74, 6) is -0.652. The Bertz CT molecular complexity index is 674. The number of H-pyrrole nitrogens is 1. The number of hydrogen-bond donors (Lipinski definition) is 1. The zero-order valence-corrected chi connectivity index (χ0v) is 11.3. The van der Waals surface area contributed by atoms with Crippen molar-refractivity contribution in [2.24, 2.45) is 0 Å². The van der Waals surface area contributed by atoms with Crippen molar-refractivity contribution in [2.45, 2.75) is 25.6 Å². The maximum atomic E-state index is 13.3. The van der Waals surface area contributed by atoms with Gasteiger partial charge in [0.15, 0.2) is 4.77 Å². The molecule has 8 heteroatoms. The van der Waals surface area contributed by atoms with Crippen LogP contribution < -0.4 is 0 Å². The molecule has 0 saturated carbocycles. The maximum Gasteiger partial charge on any atom is 0.391 e. The second-order valence-corrected chi connectivity index (χ2v) is 5.05. The Morgan fingerprint density at radius 1 is 1.42 bits per heavy atom. The molecule has 1 unspecified atom stereocenters. The van der Waals surface area contributed by atoms with Gasteiger partial charge in [0.1, 0.15) is 5.82 Å². The van der Waals surface area contributed by atoms with Crippen molar-refractivity contribution in [3.8, 4) is 0 Å². The predicted molar refractivity (Wildman–Crippen MR) is 67.5 cm³/mol. The van der Waals surface area contributed by atoms with E-state index in [9.17, 15) is 17.6 Å². The first-order chi connectivity index (χ1) is 8.69. The van der Waals surface area contributed by atoms with Gasteiger partial charge in [-0.3, -0.25) is 0 Å². The van der Waals surface area contributed by atoms with Crippen molar-refractivity contribution in [3.05, 3.63) is 27.7 Å². The Morgan fingerprint density at radius 3 is 2.63 bits per heavy atom. The molecule has 2 aromatic rings. The molecule has 2 rings (SSSR count). The predicted octanol–water partition coefficient (Wildman–Crippen LogP) is 5.00. The minimum atomic E-state index is -4.30. The molecule has 0 spiro atoms. The fraction of sp³-hybridized carbons (Fsp3) is 0.364. The quantitative estimate of drug-likeness (QED) is 0.611. The van der Waals surface area contributed by atoms with E-state index in [0.717, 1.165) is 6.07 Å². The van der Waals surface area contributed by atoms with Crippen molar-refractivity contribution in [1.82, 2.24) is 9.55 Å². The first kappa shape index (κ1) is 14.3. The third-order valence-electron chi connectivity index (χ3n) is 2.73. The Kier molecular flexibility index (Phi) is 3.61. The molecule has 0 aliphatic carbocycles. The fourth-order valence-electron chi connectivity index (χ4n) is 1.98. The lowest BCUT2D eigenvalue weighted by Gasteiger charge is -2.16. The van der Waals surface area contributed by atoms with Crippen LogP contribution in [-0.4, -0.2) is 15.7 Å². The van der Waals surface area contributed by atoms with Crippen LogP contribution in [0.3, 0.4) is 0 Å². The van der Waals surface area contributed by atoms with Gasteiger partial charge in [-0.25, -0.2) is 4.39 Å². The first-order valence-corrected chi connectivity index (χ1v) is 6.13. The summed E-state index contributed by atoms with van der Waals surface area (Å²) in [7, 11) is 0. The van der Waals surface area contributed by atoms with E-state index in [1.807, 2.05) is 0 Å². The lowest BCUT2D eigenvalue weighted by Crippen LogP contribution is -2.16. The second kappa shape index (κ2) is 4.79. The van der Waals surface area contributed by atoms with Gasteiger partial charge in [0.2, 0.25) is 0 Å². The van der Waals surface area contributed by atoms with Crippen LogP contribution in [0.5, 0.6) is 0 Å². The lowest BCUT2D eigenvalue weighted by molar-refractivity contribution is -0.141. The number of rotatable bonds is 2. The molecule has 0 aliphatic rings. The molecule has 0 aliphatic heterocycles. The minimum absolute atomic E-state index is 0.105. The molecule has 19 heavy (non-hydrogen) atoms. The molecule has 2 nitrogen and oxygen atoms in total. The van der Waals surface area contributed by atoms with Crippen LogP contribution in [0.25, 0.3) is 11.0 Å². The largest absolute Gasteiger partial charge is 0.391 e. The molecule has 104 valence electrons. The van der Waals surface area contributed by atoms with E-state index in [2.05, 4.69) is 4.98 Å². The molecule has 0 saturated heterocycles. The van der Waals surface area contributed by atoms with E-state index in [4.69, 9.17) is 23.8 Å². The Hall–Kier alpha value is -1.08. The zero-order valence-electron chi connectivity index (χ0n) is 9.68. The number of fused-ring (bicyclic) bond motifs is 1. The van der Waals surface area contributed by atoms with Gasteiger partial charge in [-0.1, -0.05) is 11.6 Å². The summed E-state index contributed by atoms with van der Waals surface area (Å²) in [5, 5.41) is -0.158. The summed E-state index contributed by atoms with van der Waals surface area (Å²) in [4.78, 5) is 2.67. The van der Waals surface area contributed by atoms with Gasteiger partial charge in [0, 0.05) is 12.1 Å². The number of imidazole rings is 1. The van der Waals surface area contributed by atoms with Crippen LogP contribution in [0.15, 0.2) is 12.1 Å². The molecule has 0 amide bonds. The molecule has 1 N–H and O–H groups in total. The number of benzene rings is 1. The van der Waals surface area contributed by atoms with Gasteiger partial charge in [-0.2, -0.15) is 13.2 Å². The summed E-state index contributed by atoms with van der Waals surface area (Å²) in [6.07, 6.45) is -5.33. The highest BCUT2D eigenvalue weighted by atomic mass is 35.5. The van der Waals surface area contributed by atoms with E-state index in [-0.39, 0.29) is 9.79 Å². The van der Waals surface area contributed by atoms with Gasteiger partial charge in [0.25, 0.3) is 0 Å². The molecule has 1 aromatic carbocycles. The Balaban J connectivity index is 2.57. The maximum absolute atomic E-state index is 13.3. The van der Waals surface area contributed by atoms with Crippen LogP contribution in [0.1, 0.15) is 19.4 Å². The molecular formula is C11H9ClF4N2S. The molecule has 0 bridgehead atoms. The average Bonchev–Trinajstić information content (AvgIpc) is 2.52. The van der Waals surface area contributed by atoms with E-state index in [0.29, 0.717) is 11.0 Å². The standard InChI is InChI=1S/C11H9ClF4N2S/c1-5(4-11(14,15)16)18-9-2-6(12)7(13)3-8(9)17-10(18)19/h2-3,5H,4H2,1H3,(H,17,19). The number of nitrogens with zero attached hydrogens (tertiary/aromatic N) is 1. The van der Waals surface area contributed by atoms with Gasteiger partial charge in [0.05, 0.1) is 22.5 Å². The van der Waals surface area contributed by atoms with Gasteiger partial charge >= 0.3 is 6.18 Å². The third kappa shape index (κ3) is 2.92. The first-order valence-electron chi connectivity index (χ1n) is 5.35. The van der Waals surface area contributed by atoms with E-state index >= 15 is 0 Å². The SMILES string of the molecule is CC(CC(F)(F)F)n1c(=S)[nH]c2cc(F)c(Cl)cc21. The van der Waals surface area contributed by atoms with E-state index in [1.54, 1.807) is 0 Å². The van der Waals surface area contributed by atoms with Crippen molar-refractivity contribution in [1.29, 1.82) is 0 Å². The topological polar surface area (TPSA) is 20.7 Å². The highest BCUT2D eigenvalue weighted by Crippen LogP contribution is 2.31. The van der Waals surface area contributed by atoms with E-state index in [1.165, 1.54) is 17.6 Å². The highest BCUT2D eigenvalue weighted by molar-refractivity contribution is 7.71. The van der Waals surface area contributed by atoms with E-state index < -0.39 is 24.5 Å². The van der Waals surface area contributed by atoms with Gasteiger partial charge in [-0.05, 0) is 25.2 Å². The summed E-state index contributed by atoms with van der Waals surface area (Å²) >= 11 is 10.6. The summed E-state index contributed by atoms with van der Waals surface area (Å²) in [6.45, 7) is 1.40. The molecule has 1 aromatic heterocycles. The van der Waals surface area contributed by atoms with Crippen molar-refractivity contribution >= 4 is 34.9 Å². The van der Waals surface area contributed by atoms with Crippen LogP contribution in [0.2, 0.25) is 5.02 Å². The van der Waals surface area contributed by atoms with Crippen molar-refractivity contribution < 1.29 is 17.6 Å². The Morgan fingerprint density at radius 2 is 2.05 bits per heavy atom. The van der Waals surface area contributed by atoms with Crippen LogP contribution >= 0.6 is 23.8 Å². The second-order valence-electron chi connectivity index (χ2n) is 4.25. The van der Waals surface area contributed by atoms with Gasteiger partial charge in [-0.15, -0.1) is 0 Å². The fourth-order valence-corrected chi connectivity index (χ4v) is 2.53. The number of alkyl halides is 3. The number of aromatic amines is 1. The average molecular weight is 313 g/mol. The smallest absolute Gasteiger partial charge is 0.330 e. The normalized spacial score (nSPS) is 14.0. The number of aromatic nitrogens is 2. The van der Waals surface area contributed by atoms with Gasteiger partial charge < -0.3 is 9.55 Å². The molecule has 0 radical (unpaired) electrons.